The molecule has 1 aromatic heterocycles. The van der Waals surface area contributed by atoms with Crippen LogP contribution in [0.15, 0.2) is 22.2 Å². The van der Waals surface area contributed by atoms with Gasteiger partial charge in [0, 0.05) is 50.4 Å². The molecule has 1 fully saturated rings. The first-order valence-corrected chi connectivity index (χ1v) is 12.2. The van der Waals surface area contributed by atoms with E-state index >= 15 is 0 Å². The van der Waals surface area contributed by atoms with E-state index in [2.05, 4.69) is 21.1 Å². The minimum atomic E-state index is -1.20. The molecule has 1 aliphatic rings. The van der Waals surface area contributed by atoms with Crippen LogP contribution < -0.4 is 21.5 Å². The number of carboxylic acid groups (broad SMARTS) is 1. The van der Waals surface area contributed by atoms with Crippen molar-refractivity contribution in [3.05, 3.63) is 28.2 Å². The van der Waals surface area contributed by atoms with Crippen LogP contribution in [0, 0.1) is 0 Å². The summed E-state index contributed by atoms with van der Waals surface area (Å²) in [6.07, 6.45) is 0.800. The summed E-state index contributed by atoms with van der Waals surface area (Å²) in [7, 11) is 0. The van der Waals surface area contributed by atoms with E-state index in [1.165, 1.54) is 16.8 Å². The molecule has 2 heterocycles. The number of rotatable bonds is 7. The average Bonchev–Trinajstić information content (AvgIpc) is 2.76. The van der Waals surface area contributed by atoms with Crippen LogP contribution in [0.25, 0.3) is 0 Å². The predicted octanol–water partition coefficient (Wildman–Crippen LogP) is 2.27. The van der Waals surface area contributed by atoms with Gasteiger partial charge in [-0.1, -0.05) is 0 Å². The second kappa shape index (κ2) is 14.8. The molecule has 1 saturated heterocycles. The minimum absolute atomic E-state index is 0. The van der Waals surface area contributed by atoms with E-state index in [-0.39, 0.29) is 60.8 Å². The molecule has 15 heteroatoms. The van der Waals surface area contributed by atoms with Gasteiger partial charge >= 0.3 is 18.2 Å². The van der Waals surface area contributed by atoms with Crippen LogP contribution >= 0.6 is 0 Å². The molecule has 0 spiro atoms. The number of oxime groups is 1. The van der Waals surface area contributed by atoms with E-state index in [9.17, 15) is 24.3 Å². The summed E-state index contributed by atoms with van der Waals surface area (Å²) in [5.74, 6) is -1.57. The summed E-state index contributed by atoms with van der Waals surface area (Å²) in [5.41, 5.74) is -1.89. The first-order chi connectivity index (χ1) is 17.6. The summed E-state index contributed by atoms with van der Waals surface area (Å²) < 4.78 is 17.0. The SMILES string of the molecule is CC(C)(C)OC(=O)NC(=NOCCNc1cc(=O)n(C2CCOCC2)cc1C(=O)O)NC(=O)OC(C)(C)C.[Li]. The van der Waals surface area contributed by atoms with Crippen LogP contribution in [0.4, 0.5) is 15.3 Å². The Hall–Kier alpha value is -3.21. The normalized spacial score (nSPS) is 13.8. The number of carbonyl (C=O) groups excluding carboxylic acids is 2. The summed E-state index contributed by atoms with van der Waals surface area (Å²) in [4.78, 5) is 53.8. The Morgan fingerprint density at radius 2 is 1.59 bits per heavy atom. The summed E-state index contributed by atoms with van der Waals surface area (Å²) in [5, 5.41) is 20.7. The molecule has 0 atom stereocenters. The van der Waals surface area contributed by atoms with Gasteiger partial charge in [-0.2, -0.15) is 0 Å². The number of aromatic nitrogens is 1. The zero-order chi connectivity index (χ0) is 28.5. The summed E-state index contributed by atoms with van der Waals surface area (Å²) >= 11 is 0. The maximum absolute atomic E-state index is 12.6. The molecule has 1 radical (unpaired) electrons. The Kier molecular flexibility index (Phi) is 12.8. The second-order valence-corrected chi connectivity index (χ2v) is 10.4. The Labute approximate surface area is 238 Å². The number of alkyl carbamates (subject to hydrolysis) is 2. The fourth-order valence-electron chi connectivity index (χ4n) is 3.33. The van der Waals surface area contributed by atoms with Gasteiger partial charge in [0.2, 0.25) is 0 Å². The summed E-state index contributed by atoms with van der Waals surface area (Å²) in [6, 6.07) is 1.09. The number of amides is 2. The van der Waals surface area contributed by atoms with Crippen molar-refractivity contribution in [1.29, 1.82) is 0 Å². The van der Waals surface area contributed by atoms with E-state index < -0.39 is 29.4 Å². The summed E-state index contributed by atoms with van der Waals surface area (Å²) in [6.45, 7) is 10.9. The number of anilines is 1. The predicted molar refractivity (Wildman–Crippen MR) is 143 cm³/mol. The van der Waals surface area contributed by atoms with E-state index in [1.807, 2.05) is 0 Å². The quantitative estimate of drug-likeness (QED) is 0.130. The Morgan fingerprint density at radius 3 is 2.08 bits per heavy atom. The molecule has 0 bridgehead atoms. The zero-order valence-corrected chi connectivity index (χ0v) is 23.6. The van der Waals surface area contributed by atoms with Crippen molar-refractivity contribution in [2.24, 2.45) is 5.16 Å². The smallest absolute Gasteiger partial charge is 0.414 e. The van der Waals surface area contributed by atoms with E-state index in [0.29, 0.717) is 26.1 Å². The molecule has 2 amide bonds. The van der Waals surface area contributed by atoms with Crippen molar-refractivity contribution in [3.8, 4) is 0 Å². The molecule has 4 N–H and O–H groups in total. The van der Waals surface area contributed by atoms with Gasteiger partial charge in [0.05, 0.1) is 17.8 Å². The van der Waals surface area contributed by atoms with E-state index in [0.717, 1.165) is 0 Å². The van der Waals surface area contributed by atoms with Crippen LogP contribution in [0.3, 0.4) is 0 Å². The van der Waals surface area contributed by atoms with Crippen LogP contribution in [0.5, 0.6) is 0 Å². The van der Waals surface area contributed by atoms with Gasteiger partial charge in [-0.05, 0) is 59.5 Å². The first-order valence-electron chi connectivity index (χ1n) is 12.2. The maximum atomic E-state index is 12.6. The molecule has 213 valence electrons. The Morgan fingerprint density at radius 1 is 1.05 bits per heavy atom. The van der Waals surface area contributed by atoms with Crippen LogP contribution in [-0.2, 0) is 19.0 Å². The van der Waals surface area contributed by atoms with Crippen molar-refractivity contribution in [2.75, 3.05) is 31.7 Å². The van der Waals surface area contributed by atoms with Gasteiger partial charge in [0.1, 0.15) is 17.8 Å². The number of pyridine rings is 1. The number of guanidine groups is 1. The number of hydrogen-bond acceptors (Lipinski definition) is 10. The van der Waals surface area contributed by atoms with Crippen LogP contribution in [-0.4, -0.2) is 90.2 Å². The molecule has 14 nitrogen and oxygen atoms in total. The molecule has 0 aromatic carbocycles. The number of nitrogens with one attached hydrogen (secondary N) is 3. The van der Waals surface area contributed by atoms with Gasteiger partial charge in [-0.25, -0.2) is 14.4 Å². The number of nitrogens with zero attached hydrogens (tertiary/aromatic N) is 2. The van der Waals surface area contributed by atoms with Gasteiger partial charge in [0.15, 0.2) is 0 Å². The topological polar surface area (TPSA) is 179 Å². The largest absolute Gasteiger partial charge is 0.478 e. The molecule has 0 aliphatic carbocycles. The Bertz CT molecular complexity index is 1050. The third-order valence-electron chi connectivity index (χ3n) is 4.80. The van der Waals surface area contributed by atoms with Crippen molar-refractivity contribution in [1.82, 2.24) is 15.2 Å². The first kappa shape index (κ1) is 33.8. The Balaban J connectivity index is 0.00000760. The number of carbonyl (C=O) groups is 3. The number of carboxylic acids is 1. The molecular weight excluding hydrogens is 509 g/mol. The van der Waals surface area contributed by atoms with Crippen molar-refractivity contribution in [3.63, 3.8) is 0 Å². The molecule has 39 heavy (non-hydrogen) atoms. The number of hydrogen-bond donors (Lipinski definition) is 4. The average molecular weight is 547 g/mol. The minimum Gasteiger partial charge on any atom is -0.478 e. The second-order valence-electron chi connectivity index (χ2n) is 10.4. The van der Waals surface area contributed by atoms with E-state index in [1.54, 1.807) is 41.5 Å². The molecule has 1 aromatic rings. The van der Waals surface area contributed by atoms with E-state index in [4.69, 9.17) is 19.0 Å². The number of aromatic carboxylic acids is 1. The fourth-order valence-corrected chi connectivity index (χ4v) is 3.33. The fraction of sp³-hybridized carbons (Fsp3) is 0.625. The van der Waals surface area contributed by atoms with Gasteiger partial charge < -0.3 is 34.0 Å². The van der Waals surface area contributed by atoms with Gasteiger partial charge in [0.25, 0.3) is 11.5 Å². The van der Waals surface area contributed by atoms with Crippen molar-refractivity contribution in [2.45, 2.75) is 71.6 Å². The van der Waals surface area contributed by atoms with Gasteiger partial charge in [-0.3, -0.25) is 15.4 Å². The van der Waals surface area contributed by atoms with Crippen LogP contribution in [0.2, 0.25) is 0 Å². The molecule has 0 saturated carbocycles. The standard InChI is InChI=1S/C24H37N5O9.Li/c1-23(2,3)37-21(33)26-20(27-22(34)38-24(4,5)6)28-36-12-9-25-17-13-18(30)29(14-16(17)19(31)32)15-7-10-35-11-8-15;/h13-15,25H,7-12H2,1-6H3,(H,31,32)(H2,26,27,28,33,34);. The molecule has 0 unspecified atom stereocenters. The van der Waals surface area contributed by atoms with Crippen LogP contribution in [0.1, 0.15) is 70.8 Å². The van der Waals surface area contributed by atoms with Gasteiger partial charge in [-0.15, -0.1) is 0 Å². The number of ether oxygens (including phenoxy) is 3. The monoisotopic (exact) mass is 546 g/mol. The third kappa shape index (κ3) is 12.5. The van der Waals surface area contributed by atoms with Crippen molar-refractivity contribution < 1.29 is 38.5 Å². The molecular formula is C24H37LiN5O9. The zero-order valence-electron chi connectivity index (χ0n) is 23.6. The maximum Gasteiger partial charge on any atom is 0.414 e. The van der Waals surface area contributed by atoms with Crippen molar-refractivity contribution >= 4 is 48.7 Å². The molecule has 2 rings (SSSR count). The third-order valence-corrected chi connectivity index (χ3v) is 4.80. The molecule has 1 aliphatic heterocycles.